The van der Waals surface area contributed by atoms with Crippen molar-refractivity contribution in [3.63, 3.8) is 0 Å². The first-order valence-corrected chi connectivity index (χ1v) is 5.13. The van der Waals surface area contributed by atoms with Gasteiger partial charge >= 0.3 is 0 Å². The first-order chi connectivity index (χ1) is 7.75. The summed E-state index contributed by atoms with van der Waals surface area (Å²) >= 11 is 0. The van der Waals surface area contributed by atoms with E-state index in [0.29, 0.717) is 11.9 Å². The van der Waals surface area contributed by atoms with Crippen LogP contribution in [0.25, 0.3) is 11.4 Å². The van der Waals surface area contributed by atoms with Crippen molar-refractivity contribution in [3.05, 3.63) is 30.6 Å². The number of nitrogens with one attached hydrogen (secondary N) is 1. The van der Waals surface area contributed by atoms with Gasteiger partial charge in [0.15, 0.2) is 6.33 Å². The highest BCUT2D eigenvalue weighted by Crippen LogP contribution is 2.16. The number of hydrogen-bond donors (Lipinski definition) is 1. The molecule has 5 heteroatoms. The SMILES string of the molecule is CC(C)Nc1ccc(-c2nncnn2)cc1. The molecule has 0 saturated heterocycles. The van der Waals surface area contributed by atoms with Crippen LogP contribution in [0, 0.1) is 0 Å². The molecule has 5 nitrogen and oxygen atoms in total. The lowest BCUT2D eigenvalue weighted by molar-refractivity contribution is 0.864. The molecule has 16 heavy (non-hydrogen) atoms. The maximum Gasteiger partial charge on any atom is 0.203 e. The largest absolute Gasteiger partial charge is 0.383 e. The average Bonchev–Trinajstić information content (AvgIpc) is 2.30. The third-order valence-corrected chi connectivity index (χ3v) is 2.01. The summed E-state index contributed by atoms with van der Waals surface area (Å²) in [7, 11) is 0. The Morgan fingerprint density at radius 3 is 2.19 bits per heavy atom. The van der Waals surface area contributed by atoms with E-state index >= 15 is 0 Å². The summed E-state index contributed by atoms with van der Waals surface area (Å²) in [4.78, 5) is 0. The summed E-state index contributed by atoms with van der Waals surface area (Å²) in [6, 6.07) is 8.30. The number of hydrogen-bond acceptors (Lipinski definition) is 5. The second kappa shape index (κ2) is 4.65. The van der Waals surface area contributed by atoms with Gasteiger partial charge in [-0.2, -0.15) is 0 Å². The standard InChI is InChI=1S/C11H13N5/c1-8(2)14-10-5-3-9(4-6-10)11-15-12-7-13-16-11/h3-8,14H,1-2H3. The van der Waals surface area contributed by atoms with Gasteiger partial charge in [0, 0.05) is 17.3 Å². The molecule has 2 rings (SSSR count). The zero-order valence-electron chi connectivity index (χ0n) is 9.25. The van der Waals surface area contributed by atoms with Gasteiger partial charge in [-0.25, -0.2) is 0 Å². The van der Waals surface area contributed by atoms with Gasteiger partial charge in [-0.1, -0.05) is 0 Å². The Balaban J connectivity index is 2.20. The summed E-state index contributed by atoms with van der Waals surface area (Å²) in [5.74, 6) is 0.540. The van der Waals surface area contributed by atoms with Crippen molar-refractivity contribution in [2.24, 2.45) is 0 Å². The molecule has 1 heterocycles. The summed E-state index contributed by atoms with van der Waals surface area (Å²) in [6.07, 6.45) is 1.32. The predicted molar refractivity (Wildman–Crippen MR) is 61.8 cm³/mol. The van der Waals surface area contributed by atoms with E-state index < -0.39 is 0 Å². The summed E-state index contributed by atoms with van der Waals surface area (Å²) in [5, 5.41) is 18.5. The van der Waals surface area contributed by atoms with Crippen molar-refractivity contribution in [2.75, 3.05) is 5.32 Å². The molecule has 0 aliphatic heterocycles. The number of anilines is 1. The minimum Gasteiger partial charge on any atom is -0.383 e. The molecule has 1 aromatic heterocycles. The number of aromatic nitrogens is 4. The Bertz CT molecular complexity index is 438. The maximum atomic E-state index is 3.90. The quantitative estimate of drug-likeness (QED) is 0.845. The molecule has 0 amide bonds. The number of nitrogens with zero attached hydrogens (tertiary/aromatic N) is 4. The first kappa shape index (κ1) is 10.5. The summed E-state index contributed by atoms with van der Waals surface area (Å²) in [6.45, 7) is 4.20. The zero-order valence-corrected chi connectivity index (χ0v) is 9.25. The Morgan fingerprint density at radius 2 is 1.62 bits per heavy atom. The number of rotatable bonds is 3. The smallest absolute Gasteiger partial charge is 0.203 e. The third kappa shape index (κ3) is 2.50. The van der Waals surface area contributed by atoms with Crippen LogP contribution >= 0.6 is 0 Å². The highest BCUT2D eigenvalue weighted by molar-refractivity contribution is 5.59. The van der Waals surface area contributed by atoms with Crippen LogP contribution in [0.4, 0.5) is 5.69 Å². The van der Waals surface area contributed by atoms with Crippen LogP contribution in [0.3, 0.4) is 0 Å². The fraction of sp³-hybridized carbons (Fsp3) is 0.273. The van der Waals surface area contributed by atoms with Crippen LogP contribution in [-0.4, -0.2) is 26.4 Å². The van der Waals surface area contributed by atoms with Crippen molar-refractivity contribution < 1.29 is 0 Å². The molecule has 0 aliphatic carbocycles. The van der Waals surface area contributed by atoms with Crippen LogP contribution in [0.1, 0.15) is 13.8 Å². The minimum atomic E-state index is 0.419. The fourth-order valence-corrected chi connectivity index (χ4v) is 1.37. The van der Waals surface area contributed by atoms with Crippen LogP contribution in [0.2, 0.25) is 0 Å². The van der Waals surface area contributed by atoms with Crippen LogP contribution in [-0.2, 0) is 0 Å². The Hall–Kier alpha value is -2.04. The lowest BCUT2D eigenvalue weighted by Gasteiger charge is -2.09. The Kier molecular flexibility index (Phi) is 3.05. The molecule has 0 bridgehead atoms. The molecule has 0 aliphatic rings. The van der Waals surface area contributed by atoms with Gasteiger partial charge in [-0.05, 0) is 38.1 Å². The molecule has 0 radical (unpaired) electrons. The van der Waals surface area contributed by atoms with Gasteiger partial charge in [0.1, 0.15) is 0 Å². The van der Waals surface area contributed by atoms with E-state index in [4.69, 9.17) is 0 Å². The van der Waals surface area contributed by atoms with E-state index in [1.54, 1.807) is 0 Å². The lowest BCUT2D eigenvalue weighted by Crippen LogP contribution is -2.09. The van der Waals surface area contributed by atoms with Crippen molar-refractivity contribution in [2.45, 2.75) is 19.9 Å². The molecule has 1 N–H and O–H groups in total. The zero-order chi connectivity index (χ0) is 11.4. The van der Waals surface area contributed by atoms with E-state index in [2.05, 4.69) is 39.6 Å². The second-order valence-electron chi connectivity index (χ2n) is 3.75. The van der Waals surface area contributed by atoms with E-state index in [1.165, 1.54) is 6.33 Å². The van der Waals surface area contributed by atoms with E-state index in [1.807, 2.05) is 24.3 Å². The van der Waals surface area contributed by atoms with Crippen molar-refractivity contribution >= 4 is 5.69 Å². The molecule has 82 valence electrons. The van der Waals surface area contributed by atoms with Gasteiger partial charge in [0.25, 0.3) is 0 Å². The molecule has 0 atom stereocenters. The Labute approximate surface area is 93.9 Å². The highest BCUT2D eigenvalue weighted by atomic mass is 15.3. The molecule has 1 aromatic carbocycles. The van der Waals surface area contributed by atoms with E-state index in [9.17, 15) is 0 Å². The third-order valence-electron chi connectivity index (χ3n) is 2.01. The number of benzene rings is 1. The first-order valence-electron chi connectivity index (χ1n) is 5.13. The fourth-order valence-electron chi connectivity index (χ4n) is 1.37. The topological polar surface area (TPSA) is 63.6 Å². The maximum absolute atomic E-state index is 3.90. The normalized spacial score (nSPS) is 10.4. The molecule has 0 unspecified atom stereocenters. The summed E-state index contributed by atoms with van der Waals surface area (Å²) in [5.41, 5.74) is 1.99. The van der Waals surface area contributed by atoms with Crippen LogP contribution < -0.4 is 5.32 Å². The molecule has 0 spiro atoms. The van der Waals surface area contributed by atoms with Crippen LogP contribution in [0.5, 0.6) is 0 Å². The minimum absolute atomic E-state index is 0.419. The van der Waals surface area contributed by atoms with Crippen molar-refractivity contribution in [3.8, 4) is 11.4 Å². The van der Waals surface area contributed by atoms with E-state index in [0.717, 1.165) is 11.3 Å². The van der Waals surface area contributed by atoms with Gasteiger partial charge in [0.05, 0.1) is 0 Å². The molecule has 0 fully saturated rings. The molecular formula is C11H13N5. The lowest BCUT2D eigenvalue weighted by atomic mass is 10.2. The Morgan fingerprint density at radius 1 is 1.00 bits per heavy atom. The second-order valence-corrected chi connectivity index (χ2v) is 3.75. The molecule has 2 aromatic rings. The average molecular weight is 215 g/mol. The summed E-state index contributed by atoms with van der Waals surface area (Å²) < 4.78 is 0. The molecular weight excluding hydrogens is 202 g/mol. The van der Waals surface area contributed by atoms with Crippen molar-refractivity contribution in [1.82, 2.24) is 20.4 Å². The van der Waals surface area contributed by atoms with Crippen LogP contribution in [0.15, 0.2) is 30.6 Å². The van der Waals surface area contributed by atoms with E-state index in [-0.39, 0.29) is 0 Å². The van der Waals surface area contributed by atoms with Gasteiger partial charge in [0.2, 0.25) is 5.82 Å². The van der Waals surface area contributed by atoms with Crippen molar-refractivity contribution in [1.29, 1.82) is 0 Å². The van der Waals surface area contributed by atoms with Gasteiger partial charge < -0.3 is 5.32 Å². The monoisotopic (exact) mass is 215 g/mol. The van der Waals surface area contributed by atoms with Gasteiger partial charge in [-0.15, -0.1) is 20.4 Å². The predicted octanol–water partition coefficient (Wildman–Crippen LogP) is 1.75. The molecule has 0 saturated carbocycles. The van der Waals surface area contributed by atoms with Gasteiger partial charge in [-0.3, -0.25) is 0 Å². The highest BCUT2D eigenvalue weighted by Gasteiger charge is 2.01.